The van der Waals surface area contributed by atoms with Gasteiger partial charge in [-0.2, -0.15) is 4.31 Å². The number of rotatable bonds is 8. The number of piperidine rings is 1. The standard InChI is InChI=1S/C20H28ClN3O4S/c1-15-13-19(16(2)12-18(15)21)29(25,26)24-7-4-17(5-8-24)20-22-6-9-23(20)14-28-11-10-27-3/h6,9,12-13,17H,4-5,7-8,10-11,14H2,1-3H3. The molecule has 1 aromatic heterocycles. The van der Waals surface area contributed by atoms with Gasteiger partial charge >= 0.3 is 0 Å². The van der Waals surface area contributed by atoms with Gasteiger partial charge in [0, 0.05) is 43.5 Å². The van der Waals surface area contributed by atoms with Crippen LogP contribution >= 0.6 is 11.6 Å². The summed E-state index contributed by atoms with van der Waals surface area (Å²) in [5.41, 5.74) is 1.44. The van der Waals surface area contributed by atoms with Gasteiger partial charge in [0.15, 0.2) is 0 Å². The lowest BCUT2D eigenvalue weighted by Crippen LogP contribution is -2.38. The Morgan fingerprint density at radius 3 is 2.59 bits per heavy atom. The Morgan fingerprint density at radius 2 is 1.90 bits per heavy atom. The van der Waals surface area contributed by atoms with Crippen molar-refractivity contribution in [3.05, 3.63) is 46.5 Å². The molecule has 0 radical (unpaired) electrons. The number of halogens is 1. The number of benzene rings is 1. The van der Waals surface area contributed by atoms with Crippen molar-refractivity contribution in [3.63, 3.8) is 0 Å². The van der Waals surface area contributed by atoms with Crippen molar-refractivity contribution in [2.45, 2.75) is 44.2 Å². The number of imidazole rings is 1. The van der Waals surface area contributed by atoms with E-state index in [1.807, 2.05) is 17.7 Å². The summed E-state index contributed by atoms with van der Waals surface area (Å²) in [7, 11) is -1.91. The van der Waals surface area contributed by atoms with Gasteiger partial charge in [0.25, 0.3) is 0 Å². The van der Waals surface area contributed by atoms with Gasteiger partial charge < -0.3 is 14.0 Å². The van der Waals surface area contributed by atoms with Crippen LogP contribution in [0.2, 0.25) is 5.02 Å². The van der Waals surface area contributed by atoms with E-state index in [1.165, 1.54) is 0 Å². The van der Waals surface area contributed by atoms with E-state index >= 15 is 0 Å². The lowest BCUT2D eigenvalue weighted by Gasteiger charge is -2.31. The van der Waals surface area contributed by atoms with Crippen molar-refractivity contribution in [3.8, 4) is 0 Å². The van der Waals surface area contributed by atoms with Gasteiger partial charge in [-0.3, -0.25) is 0 Å². The lowest BCUT2D eigenvalue weighted by atomic mass is 9.97. The van der Waals surface area contributed by atoms with E-state index in [-0.39, 0.29) is 5.92 Å². The van der Waals surface area contributed by atoms with E-state index in [2.05, 4.69) is 4.98 Å². The third-order valence-corrected chi connectivity index (χ3v) is 7.75. The molecule has 1 aromatic carbocycles. The topological polar surface area (TPSA) is 73.7 Å². The van der Waals surface area contributed by atoms with E-state index in [0.29, 0.717) is 48.5 Å². The molecule has 0 saturated carbocycles. The average molecular weight is 442 g/mol. The van der Waals surface area contributed by atoms with Crippen LogP contribution in [0.1, 0.15) is 35.7 Å². The van der Waals surface area contributed by atoms with Crippen LogP contribution in [0.15, 0.2) is 29.4 Å². The van der Waals surface area contributed by atoms with Crippen LogP contribution in [0.5, 0.6) is 0 Å². The molecule has 0 N–H and O–H groups in total. The second-order valence-corrected chi connectivity index (χ2v) is 9.64. The number of aryl methyl sites for hydroxylation is 2. The summed E-state index contributed by atoms with van der Waals surface area (Å²) in [6, 6.07) is 3.39. The predicted octanol–water partition coefficient (Wildman–Crippen LogP) is 3.34. The maximum Gasteiger partial charge on any atom is 0.243 e. The third-order valence-electron chi connectivity index (χ3n) is 5.30. The van der Waals surface area contributed by atoms with E-state index in [1.54, 1.807) is 36.7 Å². The Bertz CT molecular complexity index is 937. The van der Waals surface area contributed by atoms with Gasteiger partial charge in [-0.25, -0.2) is 13.4 Å². The van der Waals surface area contributed by atoms with Crippen LogP contribution in [0.3, 0.4) is 0 Å². The Labute approximate surface area is 177 Å². The molecule has 2 heterocycles. The fraction of sp³-hybridized carbons (Fsp3) is 0.550. The number of methoxy groups -OCH3 is 1. The normalized spacial score (nSPS) is 16.4. The first-order valence-corrected chi connectivity index (χ1v) is 11.5. The molecule has 0 bridgehead atoms. The molecule has 0 aliphatic carbocycles. The molecule has 1 saturated heterocycles. The summed E-state index contributed by atoms with van der Waals surface area (Å²) in [5.74, 6) is 1.15. The molecule has 7 nitrogen and oxygen atoms in total. The molecule has 1 aliphatic rings. The smallest absolute Gasteiger partial charge is 0.243 e. The molecule has 2 aromatic rings. The number of ether oxygens (including phenoxy) is 2. The molecule has 0 atom stereocenters. The molecule has 1 aliphatic heterocycles. The van der Waals surface area contributed by atoms with Crippen molar-refractivity contribution in [2.24, 2.45) is 0 Å². The van der Waals surface area contributed by atoms with Crippen LogP contribution in [0.25, 0.3) is 0 Å². The summed E-state index contributed by atoms with van der Waals surface area (Å²) in [4.78, 5) is 4.83. The Morgan fingerprint density at radius 1 is 1.17 bits per heavy atom. The van der Waals surface area contributed by atoms with E-state index in [0.717, 1.165) is 24.2 Å². The molecular weight excluding hydrogens is 414 g/mol. The Hall–Kier alpha value is -1.45. The van der Waals surface area contributed by atoms with E-state index < -0.39 is 10.0 Å². The predicted molar refractivity (Wildman–Crippen MR) is 112 cm³/mol. The number of hydrogen-bond acceptors (Lipinski definition) is 5. The van der Waals surface area contributed by atoms with Gasteiger partial charge in [-0.15, -0.1) is 0 Å². The second-order valence-electron chi connectivity index (χ2n) is 7.33. The van der Waals surface area contributed by atoms with E-state index in [9.17, 15) is 8.42 Å². The summed E-state index contributed by atoms with van der Waals surface area (Å²) in [6.07, 6.45) is 5.10. The fourth-order valence-electron chi connectivity index (χ4n) is 3.62. The van der Waals surface area contributed by atoms with Crippen molar-refractivity contribution in [2.75, 3.05) is 33.4 Å². The maximum atomic E-state index is 13.2. The van der Waals surface area contributed by atoms with Crippen LogP contribution < -0.4 is 0 Å². The highest BCUT2D eigenvalue weighted by Crippen LogP contribution is 2.32. The van der Waals surface area contributed by atoms with Crippen molar-refractivity contribution in [1.82, 2.24) is 13.9 Å². The van der Waals surface area contributed by atoms with E-state index in [4.69, 9.17) is 21.1 Å². The number of sulfonamides is 1. The monoisotopic (exact) mass is 441 g/mol. The van der Waals surface area contributed by atoms with Crippen molar-refractivity contribution >= 4 is 21.6 Å². The minimum Gasteiger partial charge on any atom is -0.382 e. The molecule has 1 fully saturated rings. The highest BCUT2D eigenvalue weighted by Gasteiger charge is 2.32. The van der Waals surface area contributed by atoms with Crippen LogP contribution in [0, 0.1) is 13.8 Å². The maximum absolute atomic E-state index is 13.2. The molecule has 29 heavy (non-hydrogen) atoms. The molecule has 3 rings (SSSR count). The van der Waals surface area contributed by atoms with Crippen LogP contribution in [-0.4, -0.2) is 55.7 Å². The summed E-state index contributed by atoms with van der Waals surface area (Å²) < 4.78 is 40.5. The SMILES string of the molecule is COCCOCn1ccnc1C1CCN(S(=O)(=O)c2cc(C)c(Cl)cc2C)CC1. The minimum absolute atomic E-state index is 0.204. The zero-order chi connectivity index (χ0) is 21.0. The molecular formula is C20H28ClN3O4S. The quantitative estimate of drug-likeness (QED) is 0.587. The van der Waals surface area contributed by atoms with Gasteiger partial charge in [0.1, 0.15) is 12.6 Å². The summed E-state index contributed by atoms with van der Waals surface area (Å²) in [5, 5.41) is 0.583. The highest BCUT2D eigenvalue weighted by atomic mass is 35.5. The molecule has 0 amide bonds. The van der Waals surface area contributed by atoms with Gasteiger partial charge in [0.05, 0.1) is 18.1 Å². The Kier molecular flexibility index (Phi) is 7.34. The van der Waals surface area contributed by atoms with Gasteiger partial charge in [-0.1, -0.05) is 11.6 Å². The average Bonchev–Trinajstić information content (AvgIpc) is 3.16. The first-order chi connectivity index (χ1) is 13.8. The fourth-order valence-corrected chi connectivity index (χ4v) is 5.60. The zero-order valence-electron chi connectivity index (χ0n) is 17.1. The Balaban J connectivity index is 1.67. The van der Waals surface area contributed by atoms with Crippen LogP contribution in [-0.2, 0) is 26.2 Å². The minimum atomic E-state index is -3.55. The van der Waals surface area contributed by atoms with Gasteiger partial charge in [0.2, 0.25) is 10.0 Å². The molecule has 160 valence electrons. The summed E-state index contributed by atoms with van der Waals surface area (Å²) >= 11 is 6.13. The first kappa shape index (κ1) is 22.2. The van der Waals surface area contributed by atoms with Crippen LogP contribution in [0.4, 0.5) is 0 Å². The largest absolute Gasteiger partial charge is 0.382 e. The first-order valence-electron chi connectivity index (χ1n) is 9.69. The zero-order valence-corrected chi connectivity index (χ0v) is 18.7. The molecule has 9 heteroatoms. The van der Waals surface area contributed by atoms with Crippen molar-refractivity contribution in [1.29, 1.82) is 0 Å². The summed E-state index contributed by atoms with van der Waals surface area (Å²) in [6.45, 7) is 6.01. The molecule has 0 unspecified atom stereocenters. The van der Waals surface area contributed by atoms with Crippen molar-refractivity contribution < 1.29 is 17.9 Å². The third kappa shape index (κ3) is 5.00. The second kappa shape index (κ2) is 9.57. The van der Waals surface area contributed by atoms with Gasteiger partial charge in [-0.05, 0) is 49.9 Å². The number of hydrogen-bond donors (Lipinski definition) is 0. The lowest BCUT2D eigenvalue weighted by molar-refractivity contribution is 0.0321. The highest BCUT2D eigenvalue weighted by molar-refractivity contribution is 7.89. The number of aromatic nitrogens is 2. The number of nitrogens with zero attached hydrogens (tertiary/aromatic N) is 3. The molecule has 0 spiro atoms.